The van der Waals surface area contributed by atoms with Crippen LogP contribution in [0.1, 0.15) is 11.1 Å². The van der Waals surface area contributed by atoms with Gasteiger partial charge < -0.3 is 10.1 Å². The van der Waals surface area contributed by atoms with Crippen molar-refractivity contribution in [2.45, 2.75) is 13.5 Å². The average molecular weight is 371 g/mol. The topological polar surface area (TPSA) is 81.9 Å². The highest BCUT2D eigenvalue weighted by atomic mass is 19.3. The number of aromatic nitrogens is 4. The van der Waals surface area contributed by atoms with Gasteiger partial charge in [-0.25, -0.2) is 4.68 Å². The minimum Gasteiger partial charge on any atom is -0.435 e. The monoisotopic (exact) mass is 371 g/mol. The number of benzene rings is 2. The van der Waals surface area contributed by atoms with Gasteiger partial charge >= 0.3 is 6.61 Å². The number of carbonyl (C=O) groups excluding carboxylic acids is 1. The number of hydrogen-bond acceptors (Lipinski definition) is 5. The van der Waals surface area contributed by atoms with Gasteiger partial charge in [0.1, 0.15) is 12.1 Å². The number of halogens is 2. The summed E-state index contributed by atoms with van der Waals surface area (Å²) in [6.07, 6.45) is 4.38. The maximum absolute atomic E-state index is 12.1. The smallest absolute Gasteiger partial charge is 0.387 e. The van der Waals surface area contributed by atoms with Crippen molar-refractivity contribution >= 4 is 17.7 Å². The highest BCUT2D eigenvalue weighted by molar-refractivity contribution is 6.02. The quantitative estimate of drug-likeness (QED) is 0.673. The molecule has 0 bridgehead atoms. The number of ether oxygens (including phenoxy) is 1. The molecule has 9 heteroatoms. The van der Waals surface area contributed by atoms with Crippen molar-refractivity contribution in [2.24, 2.45) is 0 Å². The number of nitrogens with one attached hydrogen (secondary N) is 1. The molecule has 3 aromatic rings. The van der Waals surface area contributed by atoms with Gasteiger partial charge in [-0.15, -0.1) is 5.10 Å². The van der Waals surface area contributed by atoms with E-state index < -0.39 is 6.61 Å². The molecular formula is C18H15F2N5O2. The lowest BCUT2D eigenvalue weighted by Gasteiger charge is -2.08. The third kappa shape index (κ3) is 4.94. The lowest BCUT2D eigenvalue weighted by molar-refractivity contribution is -0.111. The van der Waals surface area contributed by atoms with Crippen LogP contribution in [-0.4, -0.2) is 32.7 Å². The maximum Gasteiger partial charge on any atom is 0.387 e. The zero-order valence-electron chi connectivity index (χ0n) is 14.2. The minimum absolute atomic E-state index is 0.0568. The molecule has 0 spiro atoms. The van der Waals surface area contributed by atoms with Crippen molar-refractivity contribution in [1.82, 2.24) is 20.2 Å². The molecule has 0 aliphatic rings. The van der Waals surface area contributed by atoms with Gasteiger partial charge in [0.25, 0.3) is 0 Å². The molecule has 1 aromatic heterocycles. The number of tetrazole rings is 1. The van der Waals surface area contributed by atoms with E-state index in [-0.39, 0.29) is 11.7 Å². The second-order valence-electron chi connectivity index (χ2n) is 5.53. The van der Waals surface area contributed by atoms with E-state index in [1.54, 1.807) is 30.3 Å². The molecular weight excluding hydrogens is 356 g/mol. The Morgan fingerprint density at radius 1 is 1.22 bits per heavy atom. The Morgan fingerprint density at radius 3 is 2.67 bits per heavy atom. The molecule has 0 atom stereocenters. The molecule has 0 fully saturated rings. The van der Waals surface area contributed by atoms with Crippen molar-refractivity contribution in [2.75, 3.05) is 5.32 Å². The number of carbonyl (C=O) groups is 1. The fourth-order valence-corrected chi connectivity index (χ4v) is 2.32. The van der Waals surface area contributed by atoms with E-state index in [1.807, 2.05) is 13.0 Å². The van der Waals surface area contributed by atoms with Crippen LogP contribution in [-0.2, 0) is 4.79 Å². The van der Waals surface area contributed by atoms with E-state index in [1.165, 1.54) is 29.2 Å². The number of rotatable bonds is 6. The summed E-state index contributed by atoms with van der Waals surface area (Å²) < 4.78 is 30.0. The first kappa shape index (κ1) is 18.2. The van der Waals surface area contributed by atoms with E-state index in [0.29, 0.717) is 11.3 Å². The standard InChI is InChI=1S/C18H15F2N5O2/c1-12-2-6-14(10-16(12)25-11-21-23-24-25)22-17(26)9-5-13-3-7-15(8-4-13)27-18(19)20/h2-11,18H,1H3,(H,22,26)/b9-5+. The van der Waals surface area contributed by atoms with Crippen LogP contribution in [0.4, 0.5) is 14.5 Å². The highest BCUT2D eigenvalue weighted by Gasteiger charge is 2.06. The Labute approximate surface area is 153 Å². The summed E-state index contributed by atoms with van der Waals surface area (Å²) in [5.41, 5.74) is 2.95. The largest absolute Gasteiger partial charge is 0.435 e. The number of aryl methyl sites for hydroxylation is 1. The molecule has 3 rings (SSSR count). The Hall–Kier alpha value is -3.62. The summed E-state index contributed by atoms with van der Waals surface area (Å²) in [4.78, 5) is 12.1. The van der Waals surface area contributed by atoms with Crippen LogP contribution in [0, 0.1) is 6.92 Å². The minimum atomic E-state index is -2.87. The van der Waals surface area contributed by atoms with Crippen LogP contribution in [0.3, 0.4) is 0 Å². The van der Waals surface area contributed by atoms with Crippen molar-refractivity contribution in [1.29, 1.82) is 0 Å². The van der Waals surface area contributed by atoms with Gasteiger partial charge in [-0.3, -0.25) is 4.79 Å². The Bertz CT molecular complexity index is 941. The molecule has 138 valence electrons. The highest BCUT2D eigenvalue weighted by Crippen LogP contribution is 2.19. The molecule has 2 aromatic carbocycles. The third-order valence-corrected chi connectivity index (χ3v) is 3.60. The Morgan fingerprint density at radius 2 is 2.00 bits per heavy atom. The van der Waals surface area contributed by atoms with Crippen molar-refractivity contribution in [3.63, 3.8) is 0 Å². The maximum atomic E-state index is 12.1. The first-order valence-corrected chi connectivity index (χ1v) is 7.89. The zero-order valence-corrected chi connectivity index (χ0v) is 14.2. The zero-order chi connectivity index (χ0) is 19.2. The van der Waals surface area contributed by atoms with Crippen molar-refractivity contribution in [3.8, 4) is 11.4 Å². The van der Waals surface area contributed by atoms with E-state index in [0.717, 1.165) is 11.3 Å². The van der Waals surface area contributed by atoms with Crippen LogP contribution in [0.15, 0.2) is 54.9 Å². The summed E-state index contributed by atoms with van der Waals surface area (Å²) in [5.74, 6) is -0.282. The summed E-state index contributed by atoms with van der Waals surface area (Å²) in [5, 5.41) is 13.8. The van der Waals surface area contributed by atoms with Gasteiger partial charge in [0.2, 0.25) is 5.91 Å². The molecule has 1 N–H and O–H groups in total. The number of amides is 1. The van der Waals surface area contributed by atoms with Gasteiger partial charge in [-0.05, 0) is 58.8 Å². The second-order valence-corrected chi connectivity index (χ2v) is 5.53. The van der Waals surface area contributed by atoms with E-state index >= 15 is 0 Å². The van der Waals surface area contributed by atoms with Gasteiger partial charge in [0, 0.05) is 11.8 Å². The van der Waals surface area contributed by atoms with Crippen LogP contribution in [0.2, 0.25) is 0 Å². The first-order valence-electron chi connectivity index (χ1n) is 7.89. The first-order chi connectivity index (χ1) is 13.0. The van der Waals surface area contributed by atoms with Gasteiger partial charge in [-0.1, -0.05) is 18.2 Å². The SMILES string of the molecule is Cc1ccc(NC(=O)/C=C/c2ccc(OC(F)F)cc2)cc1-n1cnnn1. The summed E-state index contributed by atoms with van der Waals surface area (Å²) in [6, 6.07) is 11.3. The van der Waals surface area contributed by atoms with E-state index in [4.69, 9.17) is 0 Å². The van der Waals surface area contributed by atoms with Gasteiger partial charge in [0.15, 0.2) is 0 Å². The normalized spacial score (nSPS) is 11.1. The summed E-state index contributed by atoms with van der Waals surface area (Å²) >= 11 is 0. The number of hydrogen-bond donors (Lipinski definition) is 1. The molecule has 0 aliphatic carbocycles. The third-order valence-electron chi connectivity index (χ3n) is 3.60. The van der Waals surface area contributed by atoms with E-state index in [9.17, 15) is 13.6 Å². The second kappa shape index (κ2) is 8.17. The fourth-order valence-electron chi connectivity index (χ4n) is 2.32. The summed E-state index contributed by atoms with van der Waals surface area (Å²) in [7, 11) is 0. The molecule has 27 heavy (non-hydrogen) atoms. The predicted octanol–water partition coefficient (Wildman–Crippen LogP) is 3.22. The predicted molar refractivity (Wildman–Crippen MR) is 94.6 cm³/mol. The number of alkyl halides is 2. The van der Waals surface area contributed by atoms with Crippen LogP contribution in [0.25, 0.3) is 11.8 Å². The molecule has 0 unspecified atom stereocenters. The molecule has 7 nitrogen and oxygen atoms in total. The summed E-state index contributed by atoms with van der Waals surface area (Å²) in [6.45, 7) is -0.964. The Balaban J connectivity index is 1.65. The van der Waals surface area contributed by atoms with Gasteiger partial charge in [0.05, 0.1) is 5.69 Å². The van der Waals surface area contributed by atoms with Crippen LogP contribution < -0.4 is 10.1 Å². The van der Waals surface area contributed by atoms with Crippen molar-refractivity contribution < 1.29 is 18.3 Å². The molecule has 0 radical (unpaired) electrons. The number of anilines is 1. The Kier molecular flexibility index (Phi) is 5.50. The number of nitrogens with zero attached hydrogens (tertiary/aromatic N) is 4. The molecule has 1 heterocycles. The molecule has 0 saturated carbocycles. The molecule has 0 saturated heterocycles. The molecule has 0 aliphatic heterocycles. The lowest BCUT2D eigenvalue weighted by Crippen LogP contribution is -2.09. The average Bonchev–Trinajstić information content (AvgIpc) is 3.17. The van der Waals surface area contributed by atoms with Crippen molar-refractivity contribution in [3.05, 3.63) is 66.0 Å². The van der Waals surface area contributed by atoms with Gasteiger partial charge in [-0.2, -0.15) is 8.78 Å². The lowest BCUT2D eigenvalue weighted by atomic mass is 10.1. The van der Waals surface area contributed by atoms with E-state index in [2.05, 4.69) is 25.6 Å². The van der Waals surface area contributed by atoms with Crippen LogP contribution >= 0.6 is 0 Å². The fraction of sp³-hybridized carbons (Fsp3) is 0.111. The molecule has 1 amide bonds. The van der Waals surface area contributed by atoms with Crippen LogP contribution in [0.5, 0.6) is 5.75 Å².